The molecular weight excluding hydrogens is 426 g/mol. The lowest BCUT2D eigenvalue weighted by Crippen LogP contribution is -2.34. The number of nitrogens with one attached hydrogen (secondary N) is 2. The summed E-state index contributed by atoms with van der Waals surface area (Å²) in [4.78, 5) is 14.8. The molecule has 168 valence electrons. The van der Waals surface area contributed by atoms with Gasteiger partial charge in [0.25, 0.3) is 15.9 Å². The van der Waals surface area contributed by atoms with Crippen LogP contribution in [0.25, 0.3) is 0 Å². The molecule has 0 aliphatic carbocycles. The lowest BCUT2D eigenvalue weighted by molar-refractivity contribution is 0.0942. The lowest BCUT2D eigenvalue weighted by atomic mass is 10.1. The van der Waals surface area contributed by atoms with Gasteiger partial charge < -0.3 is 15.0 Å². The van der Waals surface area contributed by atoms with Crippen LogP contribution in [0.4, 0.5) is 5.69 Å². The first kappa shape index (κ1) is 23.3. The van der Waals surface area contributed by atoms with Gasteiger partial charge in [-0.15, -0.1) is 0 Å². The number of hydrogen-bond donors (Lipinski definition) is 2. The van der Waals surface area contributed by atoms with Gasteiger partial charge in [0.15, 0.2) is 0 Å². The molecule has 0 heterocycles. The highest BCUT2D eigenvalue weighted by Gasteiger charge is 2.18. The van der Waals surface area contributed by atoms with Crippen LogP contribution in [0.3, 0.4) is 0 Å². The number of likely N-dealkylation sites (N-methyl/N-ethyl adjacent to an activating group) is 1. The maximum atomic E-state index is 12.7. The van der Waals surface area contributed by atoms with E-state index in [2.05, 4.69) is 10.0 Å². The third kappa shape index (κ3) is 5.87. The minimum absolute atomic E-state index is 0.0521. The molecular formula is C24H27N3O4S. The number of amides is 1. The molecule has 0 saturated heterocycles. The lowest BCUT2D eigenvalue weighted by Gasteiger charge is -2.25. The molecule has 3 rings (SSSR count). The van der Waals surface area contributed by atoms with E-state index in [1.54, 1.807) is 37.4 Å². The smallest absolute Gasteiger partial charge is 0.261 e. The van der Waals surface area contributed by atoms with Crippen LogP contribution in [0, 0.1) is 0 Å². The number of benzene rings is 3. The molecule has 8 heteroatoms. The summed E-state index contributed by atoms with van der Waals surface area (Å²) in [6, 6.07) is 22.2. The largest absolute Gasteiger partial charge is 0.497 e. The second-order valence-corrected chi connectivity index (χ2v) is 9.14. The van der Waals surface area contributed by atoms with Gasteiger partial charge in [0.05, 0.1) is 18.0 Å². The average molecular weight is 454 g/mol. The fourth-order valence-electron chi connectivity index (χ4n) is 3.24. The van der Waals surface area contributed by atoms with Crippen LogP contribution in [0.1, 0.15) is 22.0 Å². The van der Waals surface area contributed by atoms with Crippen molar-refractivity contribution in [1.82, 2.24) is 10.2 Å². The molecule has 1 unspecified atom stereocenters. The number of ether oxygens (including phenoxy) is 1. The summed E-state index contributed by atoms with van der Waals surface area (Å²) in [5, 5.41) is 2.93. The number of carbonyl (C=O) groups excluding carboxylic acids is 1. The Labute approximate surface area is 189 Å². The van der Waals surface area contributed by atoms with Gasteiger partial charge in [-0.3, -0.25) is 9.52 Å². The quantitative estimate of drug-likeness (QED) is 0.518. The van der Waals surface area contributed by atoms with Crippen LogP contribution in [0.15, 0.2) is 83.8 Å². The molecule has 1 amide bonds. The number of hydrogen-bond acceptors (Lipinski definition) is 5. The average Bonchev–Trinajstić information content (AvgIpc) is 2.79. The maximum Gasteiger partial charge on any atom is 0.261 e. The number of rotatable bonds is 9. The number of methoxy groups -OCH3 is 1. The molecule has 0 bridgehead atoms. The fourth-order valence-corrected chi connectivity index (χ4v) is 4.30. The second-order valence-electron chi connectivity index (χ2n) is 7.46. The van der Waals surface area contributed by atoms with Crippen molar-refractivity contribution in [2.75, 3.05) is 32.5 Å². The zero-order valence-electron chi connectivity index (χ0n) is 18.3. The van der Waals surface area contributed by atoms with E-state index in [1.807, 2.05) is 43.3 Å². The van der Waals surface area contributed by atoms with Crippen LogP contribution in [0.2, 0.25) is 0 Å². The van der Waals surface area contributed by atoms with Crippen LogP contribution in [0.5, 0.6) is 5.75 Å². The molecule has 32 heavy (non-hydrogen) atoms. The van der Waals surface area contributed by atoms with E-state index in [0.29, 0.717) is 17.8 Å². The van der Waals surface area contributed by atoms with Crippen molar-refractivity contribution in [3.63, 3.8) is 0 Å². The van der Waals surface area contributed by atoms with E-state index in [4.69, 9.17) is 4.74 Å². The van der Waals surface area contributed by atoms with Gasteiger partial charge in [-0.2, -0.15) is 0 Å². The Morgan fingerprint density at radius 1 is 0.969 bits per heavy atom. The minimum Gasteiger partial charge on any atom is -0.497 e. The van der Waals surface area contributed by atoms with Gasteiger partial charge in [-0.1, -0.05) is 30.3 Å². The van der Waals surface area contributed by atoms with Crippen molar-refractivity contribution in [2.45, 2.75) is 10.9 Å². The highest BCUT2D eigenvalue weighted by molar-refractivity contribution is 7.92. The van der Waals surface area contributed by atoms with Crippen LogP contribution in [-0.4, -0.2) is 47.0 Å². The van der Waals surface area contributed by atoms with Crippen molar-refractivity contribution in [3.05, 3.63) is 90.0 Å². The molecule has 2 N–H and O–H groups in total. The molecule has 0 fully saturated rings. The summed E-state index contributed by atoms with van der Waals surface area (Å²) in [5.74, 6) is 0.473. The van der Waals surface area contributed by atoms with E-state index in [0.717, 1.165) is 11.3 Å². The van der Waals surface area contributed by atoms with E-state index in [9.17, 15) is 13.2 Å². The molecule has 0 saturated carbocycles. The monoisotopic (exact) mass is 453 g/mol. The first-order valence-corrected chi connectivity index (χ1v) is 11.5. The predicted octanol–water partition coefficient (Wildman–Crippen LogP) is 3.53. The molecule has 0 aromatic heterocycles. The Hall–Kier alpha value is -3.36. The molecule has 3 aromatic carbocycles. The van der Waals surface area contributed by atoms with Crippen molar-refractivity contribution in [2.24, 2.45) is 0 Å². The van der Waals surface area contributed by atoms with E-state index in [1.165, 1.54) is 24.3 Å². The number of carbonyl (C=O) groups is 1. The highest BCUT2D eigenvalue weighted by atomic mass is 32.2. The first-order valence-electron chi connectivity index (χ1n) is 10.1. The summed E-state index contributed by atoms with van der Waals surface area (Å²) in [7, 11) is 1.76. The Kier molecular flexibility index (Phi) is 7.50. The van der Waals surface area contributed by atoms with Crippen molar-refractivity contribution in [1.29, 1.82) is 0 Å². The van der Waals surface area contributed by atoms with Crippen molar-refractivity contribution < 1.29 is 17.9 Å². The Balaban J connectivity index is 1.67. The SMILES string of the molecule is COc1cccc(C(CNC(=O)c2ccc(S(=O)(=O)Nc3ccccc3)cc2)N(C)C)c1. The predicted molar refractivity (Wildman–Crippen MR) is 125 cm³/mol. The van der Waals surface area contributed by atoms with Crippen molar-refractivity contribution in [3.8, 4) is 5.75 Å². The van der Waals surface area contributed by atoms with Crippen LogP contribution in [-0.2, 0) is 10.0 Å². The van der Waals surface area contributed by atoms with Crippen LogP contribution >= 0.6 is 0 Å². The molecule has 1 atom stereocenters. The fraction of sp³-hybridized carbons (Fsp3) is 0.208. The van der Waals surface area contributed by atoms with Crippen LogP contribution < -0.4 is 14.8 Å². The normalized spacial score (nSPS) is 12.2. The maximum absolute atomic E-state index is 12.7. The zero-order chi connectivity index (χ0) is 23.1. The molecule has 3 aromatic rings. The first-order chi connectivity index (χ1) is 15.3. The van der Waals surface area contributed by atoms with Gasteiger partial charge >= 0.3 is 0 Å². The van der Waals surface area contributed by atoms with E-state index in [-0.39, 0.29) is 16.8 Å². The summed E-state index contributed by atoms with van der Waals surface area (Å²) >= 11 is 0. The molecule has 7 nitrogen and oxygen atoms in total. The van der Waals surface area contributed by atoms with Gasteiger partial charge in [0, 0.05) is 17.8 Å². The summed E-state index contributed by atoms with van der Waals surface area (Å²) < 4.78 is 32.9. The van der Waals surface area contributed by atoms with E-state index < -0.39 is 10.0 Å². The number of para-hydroxylation sites is 1. The molecule has 0 aliphatic rings. The van der Waals surface area contributed by atoms with Crippen molar-refractivity contribution >= 4 is 21.6 Å². The third-order valence-corrected chi connectivity index (χ3v) is 6.41. The van der Waals surface area contributed by atoms with Gasteiger partial charge in [0.1, 0.15) is 5.75 Å². The summed E-state index contributed by atoms with van der Waals surface area (Å²) in [5.41, 5.74) is 1.87. The Bertz CT molecular complexity index is 1150. The third-order valence-electron chi connectivity index (χ3n) is 5.01. The van der Waals surface area contributed by atoms with Gasteiger partial charge in [0.2, 0.25) is 0 Å². The molecule has 0 aliphatic heterocycles. The second kappa shape index (κ2) is 10.3. The van der Waals surface area contributed by atoms with E-state index >= 15 is 0 Å². The number of nitrogens with zero attached hydrogens (tertiary/aromatic N) is 1. The highest BCUT2D eigenvalue weighted by Crippen LogP contribution is 2.22. The minimum atomic E-state index is -3.74. The number of anilines is 1. The zero-order valence-corrected chi connectivity index (χ0v) is 19.1. The van der Waals surface area contributed by atoms with Gasteiger partial charge in [-0.05, 0) is 68.2 Å². The summed E-state index contributed by atoms with van der Waals surface area (Å²) in [6.07, 6.45) is 0. The standard InChI is InChI=1S/C24H27N3O4S/c1-27(2)23(19-8-7-11-21(16-19)31-3)17-25-24(28)18-12-14-22(15-13-18)32(29,30)26-20-9-5-4-6-10-20/h4-16,23,26H,17H2,1-3H3,(H,25,28). The summed E-state index contributed by atoms with van der Waals surface area (Å²) in [6.45, 7) is 0.384. The number of sulfonamides is 1. The Morgan fingerprint density at radius 2 is 1.66 bits per heavy atom. The van der Waals surface area contributed by atoms with Gasteiger partial charge in [-0.25, -0.2) is 8.42 Å². The molecule has 0 radical (unpaired) electrons. The molecule has 0 spiro atoms. The topological polar surface area (TPSA) is 87.7 Å². The Morgan fingerprint density at radius 3 is 2.28 bits per heavy atom.